The highest BCUT2D eigenvalue weighted by Crippen LogP contribution is 2.35. The average molecular weight is 928 g/mol. The van der Waals surface area contributed by atoms with E-state index in [1.54, 1.807) is 37.2 Å². The van der Waals surface area contributed by atoms with Crippen molar-refractivity contribution < 1.29 is 23.3 Å². The molecule has 3 N–H and O–H groups in total. The number of carbonyl (C=O) groups excluding carboxylic acids is 2. The Morgan fingerprint density at radius 2 is 1.17 bits per heavy atom. The molecule has 69 heavy (non-hydrogen) atoms. The molecule has 1 amide bonds. The number of benzene rings is 4. The van der Waals surface area contributed by atoms with Crippen LogP contribution >= 0.6 is 0 Å². The molecule has 0 fully saturated rings. The van der Waals surface area contributed by atoms with E-state index in [0.29, 0.717) is 29.3 Å². The Kier molecular flexibility index (Phi) is 13.2. The molecular formula is C52H47F2N11O4. The summed E-state index contributed by atoms with van der Waals surface area (Å²) < 4.78 is 31.7. The number of imidazole rings is 2. The van der Waals surface area contributed by atoms with Gasteiger partial charge >= 0.3 is 0 Å². The summed E-state index contributed by atoms with van der Waals surface area (Å²) in [6, 6.07) is 19.4. The number of Topliss-reactive ketones (excluding diaryl/α,β-unsaturated/α-hetero) is 1. The fourth-order valence-electron chi connectivity index (χ4n) is 8.95. The Bertz CT molecular complexity index is 3250. The second kappa shape index (κ2) is 19.9. The molecule has 4 aromatic heterocycles. The number of aryl methyl sites for hydroxylation is 7. The summed E-state index contributed by atoms with van der Waals surface area (Å²) >= 11 is 0. The minimum Gasteiger partial charge on any atom is -0.399 e. The maximum absolute atomic E-state index is 14.0. The fraction of sp³-hybridized carbons (Fsp3) is 0.231. The van der Waals surface area contributed by atoms with Gasteiger partial charge in [0.15, 0.2) is 17.4 Å². The van der Waals surface area contributed by atoms with Crippen LogP contribution < -0.4 is 11.1 Å². The summed E-state index contributed by atoms with van der Waals surface area (Å²) in [6.07, 6.45) is 19.6. The number of fused-ring (bicyclic) bond motifs is 7. The zero-order chi connectivity index (χ0) is 48.2. The third-order valence-electron chi connectivity index (χ3n) is 12.5. The largest absolute Gasteiger partial charge is 0.399 e. The number of nitrogens with zero attached hydrogens (tertiary/aromatic N) is 9. The molecule has 0 radical (unpaired) electrons. The van der Waals surface area contributed by atoms with Crippen LogP contribution in [0.4, 0.5) is 25.8 Å². The minimum absolute atomic E-state index is 0.0726. The Morgan fingerprint density at radius 3 is 1.75 bits per heavy atom. The molecule has 17 heteroatoms. The van der Waals surface area contributed by atoms with Crippen molar-refractivity contribution in [3.05, 3.63) is 171 Å². The predicted octanol–water partition coefficient (Wildman–Crippen LogP) is 9.68. The topological polar surface area (TPSA) is 203 Å². The monoisotopic (exact) mass is 927 g/mol. The van der Waals surface area contributed by atoms with Crippen molar-refractivity contribution in [3.8, 4) is 45.6 Å². The summed E-state index contributed by atoms with van der Waals surface area (Å²) in [6.45, 7) is 0. The molecule has 11 rings (SSSR count). The van der Waals surface area contributed by atoms with Crippen LogP contribution in [0.1, 0.15) is 80.6 Å². The zero-order valence-corrected chi connectivity index (χ0v) is 38.0. The van der Waals surface area contributed by atoms with Crippen LogP contribution in [0.5, 0.6) is 0 Å². The van der Waals surface area contributed by atoms with Crippen LogP contribution in [0.2, 0.25) is 0 Å². The Morgan fingerprint density at radius 1 is 0.652 bits per heavy atom. The minimum atomic E-state index is -0.898. The molecule has 0 aliphatic heterocycles. The first-order valence-corrected chi connectivity index (χ1v) is 22.6. The molecule has 0 atom stereocenters. The molecule has 348 valence electrons. The molecule has 0 saturated heterocycles. The van der Waals surface area contributed by atoms with E-state index in [0.717, 1.165) is 121 Å². The van der Waals surface area contributed by atoms with Gasteiger partial charge in [-0.15, -0.1) is 0 Å². The van der Waals surface area contributed by atoms with Gasteiger partial charge < -0.3 is 20.2 Å². The number of nitro benzene ring substituents is 1. The first-order valence-electron chi connectivity index (χ1n) is 22.6. The molecule has 4 heterocycles. The number of ketones is 1. The van der Waals surface area contributed by atoms with Crippen molar-refractivity contribution in [3.63, 3.8) is 0 Å². The molecular weight excluding hydrogens is 881 g/mol. The number of aromatic nitrogens is 8. The number of nitro groups is 1. The average Bonchev–Trinajstić information content (AvgIpc) is 3.80. The van der Waals surface area contributed by atoms with Gasteiger partial charge in [-0.1, -0.05) is 18.2 Å². The smallest absolute Gasteiger partial charge is 0.269 e. The summed E-state index contributed by atoms with van der Waals surface area (Å²) in [5, 5.41) is 13.2. The van der Waals surface area contributed by atoms with E-state index < -0.39 is 28.0 Å². The van der Waals surface area contributed by atoms with Crippen molar-refractivity contribution in [1.82, 2.24) is 39.0 Å². The van der Waals surface area contributed by atoms with E-state index in [2.05, 4.69) is 37.4 Å². The Labute approximate surface area is 395 Å². The lowest BCUT2D eigenvalue weighted by Gasteiger charge is -2.13. The second-order valence-electron chi connectivity index (χ2n) is 17.2. The standard InChI is InChI=1S/C24H19F2N5O.C17H17N5.C11H11NO3/c1-31-13-27-12-20(31)23-28-11-15-5-2-4-14-10-16(8-9-17(14)22(15)30-23)29-24(32)21-18(25)6-3-7-19(21)26;1-22-10-19-9-15(22)17-20-8-12-4-2-3-11-7-13(18)5-6-14(11)16(12)21-17;13-11-4-2-1-3-8-7-9(12(14)15)5-6-10(8)11/h3,6-13H,2,4-5H2,1H3,(H,29,32);5-10H,2-4,18H2,1H3;5-7H,1-4H2. The van der Waals surface area contributed by atoms with Gasteiger partial charge in [0, 0.05) is 73.1 Å². The van der Waals surface area contributed by atoms with E-state index in [9.17, 15) is 28.5 Å². The second-order valence-corrected chi connectivity index (χ2v) is 17.2. The van der Waals surface area contributed by atoms with Crippen LogP contribution in [0.15, 0.2) is 110 Å². The van der Waals surface area contributed by atoms with Crippen LogP contribution in [0, 0.1) is 21.7 Å². The van der Waals surface area contributed by atoms with Crippen LogP contribution in [0.3, 0.4) is 0 Å². The van der Waals surface area contributed by atoms with E-state index in [-0.39, 0.29) is 11.5 Å². The summed E-state index contributed by atoms with van der Waals surface area (Å²) in [4.78, 5) is 61.2. The first kappa shape index (κ1) is 45.8. The quantitative estimate of drug-likeness (QED) is 0.0720. The van der Waals surface area contributed by atoms with E-state index in [4.69, 9.17) is 15.7 Å². The molecule has 4 aromatic carbocycles. The van der Waals surface area contributed by atoms with Gasteiger partial charge in [0.25, 0.3) is 11.6 Å². The molecule has 0 unspecified atom stereocenters. The molecule has 3 aliphatic carbocycles. The number of hydrogen-bond acceptors (Lipinski definition) is 11. The number of non-ortho nitro benzene ring substituents is 1. The van der Waals surface area contributed by atoms with Crippen molar-refractivity contribution in [2.75, 3.05) is 11.1 Å². The number of rotatable bonds is 5. The molecule has 0 saturated carbocycles. The number of amides is 1. The van der Waals surface area contributed by atoms with Gasteiger partial charge in [-0.25, -0.2) is 38.7 Å². The third-order valence-corrected chi connectivity index (χ3v) is 12.5. The van der Waals surface area contributed by atoms with Crippen LogP contribution in [0.25, 0.3) is 45.6 Å². The van der Waals surface area contributed by atoms with Crippen molar-refractivity contribution in [2.45, 2.75) is 64.2 Å². The van der Waals surface area contributed by atoms with Gasteiger partial charge in [-0.3, -0.25) is 19.7 Å². The van der Waals surface area contributed by atoms with Crippen molar-refractivity contribution in [2.24, 2.45) is 14.1 Å². The first-order chi connectivity index (χ1) is 33.4. The highest BCUT2D eigenvalue weighted by atomic mass is 19.1. The number of hydrogen-bond donors (Lipinski definition) is 2. The predicted molar refractivity (Wildman–Crippen MR) is 257 cm³/mol. The lowest BCUT2D eigenvalue weighted by Crippen LogP contribution is -2.16. The van der Waals surface area contributed by atoms with Crippen LogP contribution in [-0.2, 0) is 46.2 Å². The summed E-state index contributed by atoms with van der Waals surface area (Å²) in [7, 11) is 3.84. The Balaban J connectivity index is 0.000000139. The van der Waals surface area contributed by atoms with Gasteiger partial charge in [-0.05, 0) is 128 Å². The molecule has 8 aromatic rings. The zero-order valence-electron chi connectivity index (χ0n) is 38.0. The van der Waals surface area contributed by atoms with Gasteiger partial charge in [0.05, 0.1) is 41.4 Å². The number of carbonyl (C=O) groups is 2. The lowest BCUT2D eigenvalue weighted by atomic mass is 10.0. The van der Waals surface area contributed by atoms with Gasteiger partial charge in [0.2, 0.25) is 0 Å². The SMILES string of the molecule is Cn1cncc1-c1ncc2c(n1)-c1ccc(N)cc1CCC2.Cn1cncc1-c1ncc2c(n1)-c1ccc(NC(=O)c3c(F)cccc3F)cc1CCC2.O=C1CCCCc2cc([N+](=O)[O-])ccc21. The van der Waals surface area contributed by atoms with Crippen molar-refractivity contribution >= 4 is 28.8 Å². The number of nitrogens with two attached hydrogens (primary N) is 1. The number of anilines is 2. The van der Waals surface area contributed by atoms with Gasteiger partial charge in [-0.2, -0.15) is 0 Å². The fourth-order valence-corrected chi connectivity index (χ4v) is 8.95. The maximum Gasteiger partial charge on any atom is 0.269 e. The van der Waals surface area contributed by atoms with E-state index in [1.165, 1.54) is 34.9 Å². The highest BCUT2D eigenvalue weighted by molar-refractivity contribution is 6.05. The molecule has 15 nitrogen and oxygen atoms in total. The summed E-state index contributed by atoms with van der Waals surface area (Å²) in [5.41, 5.74) is 18.5. The number of nitrogen functional groups attached to an aromatic ring is 1. The van der Waals surface area contributed by atoms with Crippen molar-refractivity contribution in [1.29, 1.82) is 0 Å². The number of nitrogens with one attached hydrogen (secondary N) is 1. The van der Waals surface area contributed by atoms with E-state index >= 15 is 0 Å². The third kappa shape index (κ3) is 9.88. The lowest BCUT2D eigenvalue weighted by molar-refractivity contribution is -0.384. The molecule has 0 spiro atoms. The maximum atomic E-state index is 14.0. The van der Waals surface area contributed by atoms with Gasteiger partial charge in [0.1, 0.15) is 28.6 Å². The Hall–Kier alpha value is -8.34. The summed E-state index contributed by atoms with van der Waals surface area (Å²) in [5.74, 6) is -1.21. The normalized spacial score (nSPS) is 13.5. The number of halogens is 2. The molecule has 3 aliphatic rings. The van der Waals surface area contributed by atoms with Crippen LogP contribution in [-0.4, -0.2) is 55.7 Å². The van der Waals surface area contributed by atoms with E-state index in [1.807, 2.05) is 53.8 Å². The highest BCUT2D eigenvalue weighted by Gasteiger charge is 2.23. The molecule has 0 bridgehead atoms.